The second-order valence-corrected chi connectivity index (χ2v) is 6.02. The van der Waals surface area contributed by atoms with Gasteiger partial charge in [-0.25, -0.2) is 9.18 Å². The molecule has 0 spiro atoms. The molecule has 1 aromatic rings. The van der Waals surface area contributed by atoms with Crippen molar-refractivity contribution in [3.63, 3.8) is 0 Å². The van der Waals surface area contributed by atoms with Crippen LogP contribution in [0, 0.1) is 17.7 Å². The maximum Gasteiger partial charge on any atom is 0.340 e. The van der Waals surface area contributed by atoms with Crippen LogP contribution >= 0.6 is 0 Å². The maximum absolute atomic E-state index is 14.0. The quantitative estimate of drug-likeness (QED) is 0.686. The van der Waals surface area contributed by atoms with Gasteiger partial charge in [-0.15, -0.1) is 0 Å². The van der Waals surface area contributed by atoms with Gasteiger partial charge in [-0.3, -0.25) is 0 Å². The molecule has 2 rings (SSSR count). The predicted molar refractivity (Wildman–Crippen MR) is 78.7 cm³/mol. The zero-order chi connectivity index (χ0) is 15.6. The van der Waals surface area contributed by atoms with E-state index in [1.165, 1.54) is 13.2 Å². The lowest BCUT2D eigenvalue weighted by molar-refractivity contribution is 0.0599. The number of carbonyl (C=O) groups is 1. The highest BCUT2D eigenvalue weighted by molar-refractivity contribution is 5.95. The molecule has 0 saturated heterocycles. The van der Waals surface area contributed by atoms with Crippen molar-refractivity contribution in [3.05, 3.63) is 23.5 Å². The van der Waals surface area contributed by atoms with Crippen molar-refractivity contribution in [2.75, 3.05) is 12.8 Å². The van der Waals surface area contributed by atoms with E-state index in [2.05, 4.69) is 18.6 Å². The van der Waals surface area contributed by atoms with Crippen molar-refractivity contribution in [1.29, 1.82) is 0 Å². The van der Waals surface area contributed by atoms with E-state index in [0.29, 0.717) is 11.8 Å². The van der Waals surface area contributed by atoms with Gasteiger partial charge in [-0.2, -0.15) is 0 Å². The molecule has 2 atom stereocenters. The summed E-state index contributed by atoms with van der Waals surface area (Å²) in [6.07, 6.45) is 2.91. The molecule has 0 bridgehead atoms. The minimum atomic E-state index is -0.595. The van der Waals surface area contributed by atoms with Crippen LogP contribution in [0.3, 0.4) is 0 Å². The van der Waals surface area contributed by atoms with Crippen LogP contribution in [0.5, 0.6) is 5.75 Å². The first-order chi connectivity index (χ1) is 9.90. The number of rotatable bonds is 3. The number of halogens is 1. The van der Waals surface area contributed by atoms with Crippen LogP contribution in [0.15, 0.2) is 12.1 Å². The predicted octanol–water partition coefficient (Wildman–Crippen LogP) is 3.40. The van der Waals surface area contributed by atoms with Crippen LogP contribution in [-0.2, 0) is 4.74 Å². The number of hydrogen-bond acceptors (Lipinski definition) is 4. The van der Waals surface area contributed by atoms with Gasteiger partial charge in [0.1, 0.15) is 0 Å². The molecular weight excluding hydrogens is 273 g/mol. The van der Waals surface area contributed by atoms with Gasteiger partial charge in [0.05, 0.1) is 18.8 Å². The van der Waals surface area contributed by atoms with Crippen LogP contribution in [0.25, 0.3) is 0 Å². The molecule has 4 nitrogen and oxygen atoms in total. The lowest BCUT2D eigenvalue weighted by Crippen LogP contribution is -2.28. The Morgan fingerprint density at radius 3 is 2.43 bits per heavy atom. The van der Waals surface area contributed by atoms with Crippen molar-refractivity contribution in [2.24, 2.45) is 11.8 Å². The van der Waals surface area contributed by atoms with E-state index in [0.717, 1.165) is 25.3 Å². The average molecular weight is 295 g/mol. The van der Waals surface area contributed by atoms with Gasteiger partial charge in [-0.05, 0) is 37.2 Å². The normalized spacial score (nSPS) is 25.4. The highest BCUT2D eigenvalue weighted by Crippen LogP contribution is 2.33. The second-order valence-electron chi connectivity index (χ2n) is 6.02. The molecule has 2 unspecified atom stereocenters. The van der Waals surface area contributed by atoms with Crippen molar-refractivity contribution < 1.29 is 18.7 Å². The summed E-state index contributed by atoms with van der Waals surface area (Å²) in [6.45, 7) is 4.34. The van der Waals surface area contributed by atoms with E-state index < -0.39 is 11.8 Å². The van der Waals surface area contributed by atoms with E-state index in [9.17, 15) is 9.18 Å². The molecule has 116 valence electrons. The molecule has 1 aliphatic rings. The van der Waals surface area contributed by atoms with Gasteiger partial charge >= 0.3 is 5.97 Å². The summed E-state index contributed by atoms with van der Waals surface area (Å²) in [5, 5.41) is 0. The summed E-state index contributed by atoms with van der Waals surface area (Å²) in [5.74, 6) is 0.0241. The molecule has 0 radical (unpaired) electrons. The largest absolute Gasteiger partial charge is 0.487 e. The first-order valence-electron chi connectivity index (χ1n) is 7.24. The fourth-order valence-electron chi connectivity index (χ4n) is 3.09. The van der Waals surface area contributed by atoms with Gasteiger partial charge < -0.3 is 15.2 Å². The first kappa shape index (κ1) is 15.6. The Labute approximate surface area is 124 Å². The van der Waals surface area contributed by atoms with Gasteiger partial charge in [0, 0.05) is 11.8 Å². The lowest BCUT2D eigenvalue weighted by atomic mass is 9.82. The number of hydrogen-bond donors (Lipinski definition) is 1. The summed E-state index contributed by atoms with van der Waals surface area (Å²) in [6, 6.07) is 2.44. The van der Waals surface area contributed by atoms with Crippen molar-refractivity contribution >= 4 is 11.7 Å². The molecule has 1 saturated carbocycles. The molecule has 5 heteroatoms. The highest BCUT2D eigenvalue weighted by atomic mass is 19.1. The highest BCUT2D eigenvalue weighted by Gasteiger charge is 2.26. The van der Waals surface area contributed by atoms with E-state index in [1.807, 2.05) is 0 Å². The van der Waals surface area contributed by atoms with Gasteiger partial charge in [-0.1, -0.05) is 13.8 Å². The summed E-state index contributed by atoms with van der Waals surface area (Å²) in [7, 11) is 1.26. The van der Waals surface area contributed by atoms with E-state index >= 15 is 0 Å². The summed E-state index contributed by atoms with van der Waals surface area (Å²) >= 11 is 0. The monoisotopic (exact) mass is 295 g/mol. The fourth-order valence-corrected chi connectivity index (χ4v) is 3.09. The minimum absolute atomic E-state index is 0.0348. The third-order valence-electron chi connectivity index (χ3n) is 3.94. The maximum atomic E-state index is 14.0. The molecule has 0 amide bonds. The Kier molecular flexibility index (Phi) is 4.70. The van der Waals surface area contributed by atoms with E-state index in [1.54, 1.807) is 0 Å². The van der Waals surface area contributed by atoms with Crippen LogP contribution in [0.2, 0.25) is 0 Å². The number of esters is 1. The van der Waals surface area contributed by atoms with Gasteiger partial charge in [0.2, 0.25) is 0 Å². The molecule has 1 aromatic carbocycles. The van der Waals surface area contributed by atoms with Crippen LogP contribution in [-0.4, -0.2) is 19.2 Å². The number of nitrogen functional groups attached to an aromatic ring is 1. The van der Waals surface area contributed by atoms with Crippen LogP contribution in [0.1, 0.15) is 43.5 Å². The third kappa shape index (κ3) is 3.65. The smallest absolute Gasteiger partial charge is 0.340 e. The Bertz CT molecular complexity index is 522. The molecule has 0 heterocycles. The second kappa shape index (κ2) is 6.33. The van der Waals surface area contributed by atoms with Gasteiger partial charge in [0.25, 0.3) is 0 Å². The molecule has 0 aromatic heterocycles. The SMILES string of the molecule is COC(=O)c1cc(OC2CC(C)CC(C)C2)c(F)cc1N. The number of anilines is 1. The minimum Gasteiger partial charge on any atom is -0.487 e. The number of ether oxygens (including phenoxy) is 2. The zero-order valence-electron chi connectivity index (χ0n) is 12.7. The number of methoxy groups -OCH3 is 1. The molecule has 1 fully saturated rings. The van der Waals surface area contributed by atoms with Gasteiger partial charge in [0.15, 0.2) is 11.6 Å². The third-order valence-corrected chi connectivity index (χ3v) is 3.94. The number of benzene rings is 1. The summed E-state index contributed by atoms with van der Waals surface area (Å²) < 4.78 is 24.4. The Balaban J connectivity index is 2.21. The van der Waals surface area contributed by atoms with E-state index in [4.69, 9.17) is 10.5 Å². The van der Waals surface area contributed by atoms with E-state index in [-0.39, 0.29) is 23.1 Å². The summed E-state index contributed by atoms with van der Waals surface area (Å²) in [5.41, 5.74) is 5.83. The Hall–Kier alpha value is -1.78. The van der Waals surface area contributed by atoms with Crippen molar-refractivity contribution in [1.82, 2.24) is 0 Å². The fraction of sp³-hybridized carbons (Fsp3) is 0.562. The van der Waals surface area contributed by atoms with Crippen molar-refractivity contribution in [2.45, 2.75) is 39.2 Å². The standard InChI is InChI=1S/C16H22FNO3/c1-9-4-10(2)6-11(5-9)21-15-7-12(16(19)20-3)14(18)8-13(15)17/h7-11H,4-6,18H2,1-3H3. The lowest BCUT2D eigenvalue weighted by Gasteiger charge is -2.31. The Morgan fingerprint density at radius 2 is 1.86 bits per heavy atom. The van der Waals surface area contributed by atoms with Crippen LogP contribution < -0.4 is 10.5 Å². The topological polar surface area (TPSA) is 61.5 Å². The molecule has 2 N–H and O–H groups in total. The average Bonchev–Trinajstić information content (AvgIpc) is 2.40. The van der Waals surface area contributed by atoms with Crippen LogP contribution in [0.4, 0.5) is 10.1 Å². The molecule has 21 heavy (non-hydrogen) atoms. The first-order valence-corrected chi connectivity index (χ1v) is 7.24. The Morgan fingerprint density at radius 1 is 1.24 bits per heavy atom. The zero-order valence-corrected chi connectivity index (χ0v) is 12.7. The molecule has 0 aliphatic heterocycles. The molecule has 1 aliphatic carbocycles. The number of carbonyl (C=O) groups excluding carboxylic acids is 1. The molecular formula is C16H22FNO3. The van der Waals surface area contributed by atoms with Crippen molar-refractivity contribution in [3.8, 4) is 5.75 Å². The number of nitrogens with two attached hydrogens (primary N) is 1. The summed E-state index contributed by atoms with van der Waals surface area (Å²) in [4.78, 5) is 11.6.